The van der Waals surface area contributed by atoms with Crippen molar-refractivity contribution in [3.63, 3.8) is 0 Å². The lowest BCUT2D eigenvalue weighted by Crippen LogP contribution is -2.13. The highest BCUT2D eigenvalue weighted by Gasteiger charge is 2.34. The molecule has 150 valence electrons. The van der Waals surface area contributed by atoms with Crippen LogP contribution in [0, 0.1) is 0 Å². The zero-order valence-electron chi connectivity index (χ0n) is 15.9. The van der Waals surface area contributed by atoms with Gasteiger partial charge < -0.3 is 10.1 Å². The molecule has 1 N–H and O–H groups in total. The van der Waals surface area contributed by atoms with Crippen LogP contribution >= 0.6 is 0 Å². The SMILES string of the molecule is CCc1ccc(-c2ccc(C(=O)Nc3ccc(OC)c(C(F)(F)F)c3)cc2)nc1. The van der Waals surface area contributed by atoms with Gasteiger partial charge in [0.15, 0.2) is 0 Å². The number of nitrogens with zero attached hydrogens (tertiary/aromatic N) is 1. The van der Waals surface area contributed by atoms with E-state index < -0.39 is 17.6 Å². The van der Waals surface area contributed by atoms with Crippen LogP contribution in [0.25, 0.3) is 11.3 Å². The number of methoxy groups -OCH3 is 1. The Morgan fingerprint density at radius 3 is 2.34 bits per heavy atom. The smallest absolute Gasteiger partial charge is 0.420 e. The number of ether oxygens (including phenoxy) is 1. The molecule has 1 aromatic heterocycles. The third kappa shape index (κ3) is 4.74. The zero-order chi connectivity index (χ0) is 21.0. The molecule has 0 unspecified atom stereocenters. The van der Waals surface area contributed by atoms with E-state index in [-0.39, 0.29) is 11.4 Å². The number of carbonyl (C=O) groups excluding carboxylic acids is 1. The van der Waals surface area contributed by atoms with Gasteiger partial charge in [0.05, 0.1) is 18.4 Å². The summed E-state index contributed by atoms with van der Waals surface area (Å²) in [6, 6.07) is 14.0. The number of amides is 1. The molecule has 0 saturated carbocycles. The Morgan fingerprint density at radius 1 is 1.07 bits per heavy atom. The number of alkyl halides is 3. The van der Waals surface area contributed by atoms with Crippen molar-refractivity contribution in [2.45, 2.75) is 19.5 Å². The first kappa shape index (κ1) is 20.4. The first-order chi connectivity index (χ1) is 13.8. The van der Waals surface area contributed by atoms with Crippen molar-refractivity contribution in [2.75, 3.05) is 12.4 Å². The molecule has 3 aromatic rings. The summed E-state index contributed by atoms with van der Waals surface area (Å²) in [5, 5.41) is 2.49. The van der Waals surface area contributed by atoms with Gasteiger partial charge in [0.1, 0.15) is 5.75 Å². The molecule has 3 rings (SSSR count). The first-order valence-corrected chi connectivity index (χ1v) is 8.93. The number of hydrogen-bond acceptors (Lipinski definition) is 3. The average Bonchev–Trinajstić information content (AvgIpc) is 2.73. The number of carbonyl (C=O) groups is 1. The van der Waals surface area contributed by atoms with Crippen LogP contribution in [0.5, 0.6) is 5.75 Å². The number of rotatable bonds is 5. The Kier molecular flexibility index (Phi) is 5.87. The Hall–Kier alpha value is -3.35. The van der Waals surface area contributed by atoms with Crippen molar-refractivity contribution >= 4 is 11.6 Å². The van der Waals surface area contributed by atoms with Crippen LogP contribution in [0.15, 0.2) is 60.8 Å². The fourth-order valence-electron chi connectivity index (χ4n) is 2.81. The van der Waals surface area contributed by atoms with Crippen LogP contribution in [0.1, 0.15) is 28.4 Å². The Bertz CT molecular complexity index is 998. The fourth-order valence-corrected chi connectivity index (χ4v) is 2.81. The summed E-state index contributed by atoms with van der Waals surface area (Å²) >= 11 is 0. The molecular formula is C22H19F3N2O2. The quantitative estimate of drug-likeness (QED) is 0.607. The largest absolute Gasteiger partial charge is 0.496 e. The molecule has 1 amide bonds. The lowest BCUT2D eigenvalue weighted by Gasteiger charge is -2.14. The molecule has 0 spiro atoms. The second-order valence-corrected chi connectivity index (χ2v) is 6.35. The molecule has 0 aliphatic heterocycles. The highest BCUT2D eigenvalue weighted by Crippen LogP contribution is 2.37. The van der Waals surface area contributed by atoms with Crippen molar-refractivity contribution in [2.24, 2.45) is 0 Å². The van der Waals surface area contributed by atoms with Gasteiger partial charge in [-0.1, -0.05) is 25.1 Å². The van der Waals surface area contributed by atoms with Gasteiger partial charge in [0.2, 0.25) is 0 Å². The minimum Gasteiger partial charge on any atom is -0.496 e. The van der Waals surface area contributed by atoms with E-state index in [1.54, 1.807) is 30.5 Å². The first-order valence-electron chi connectivity index (χ1n) is 8.93. The van der Waals surface area contributed by atoms with E-state index in [9.17, 15) is 18.0 Å². The zero-order valence-corrected chi connectivity index (χ0v) is 15.9. The highest BCUT2D eigenvalue weighted by molar-refractivity contribution is 6.04. The number of halogens is 3. The van der Waals surface area contributed by atoms with Crippen molar-refractivity contribution < 1.29 is 22.7 Å². The average molecular weight is 400 g/mol. The topological polar surface area (TPSA) is 51.2 Å². The minimum absolute atomic E-state index is 0.0315. The molecule has 0 atom stereocenters. The van der Waals surface area contributed by atoms with Gasteiger partial charge >= 0.3 is 6.18 Å². The van der Waals surface area contributed by atoms with Crippen LogP contribution in [0.2, 0.25) is 0 Å². The summed E-state index contributed by atoms with van der Waals surface area (Å²) in [6.45, 7) is 2.05. The molecule has 4 nitrogen and oxygen atoms in total. The van der Waals surface area contributed by atoms with Gasteiger partial charge in [-0.2, -0.15) is 13.2 Å². The predicted molar refractivity (Wildman–Crippen MR) is 105 cm³/mol. The molecule has 0 radical (unpaired) electrons. The summed E-state index contributed by atoms with van der Waals surface area (Å²) < 4.78 is 44.1. The maximum Gasteiger partial charge on any atom is 0.420 e. The lowest BCUT2D eigenvalue weighted by molar-refractivity contribution is -0.138. The van der Waals surface area contributed by atoms with Crippen molar-refractivity contribution in [1.82, 2.24) is 4.98 Å². The highest BCUT2D eigenvalue weighted by atomic mass is 19.4. The third-order valence-corrected chi connectivity index (χ3v) is 4.44. The number of benzene rings is 2. The maximum atomic E-state index is 13.1. The number of pyridine rings is 1. The summed E-state index contributed by atoms with van der Waals surface area (Å²) in [5.41, 5.74) is 2.15. The van der Waals surface area contributed by atoms with Crippen molar-refractivity contribution in [3.8, 4) is 17.0 Å². The molecule has 29 heavy (non-hydrogen) atoms. The van der Waals surface area contributed by atoms with E-state index in [4.69, 9.17) is 4.74 Å². The van der Waals surface area contributed by atoms with Gasteiger partial charge in [-0.3, -0.25) is 9.78 Å². The van der Waals surface area contributed by atoms with E-state index in [0.717, 1.165) is 36.4 Å². The fraction of sp³-hybridized carbons (Fsp3) is 0.182. The van der Waals surface area contributed by atoms with E-state index in [2.05, 4.69) is 10.3 Å². The van der Waals surface area contributed by atoms with Gasteiger partial charge in [-0.25, -0.2) is 0 Å². The van der Waals surface area contributed by atoms with Crippen LogP contribution in [-0.4, -0.2) is 18.0 Å². The van der Waals surface area contributed by atoms with Crippen LogP contribution < -0.4 is 10.1 Å². The number of aromatic nitrogens is 1. The Labute approximate surface area is 166 Å². The van der Waals surface area contributed by atoms with Crippen molar-refractivity contribution in [3.05, 3.63) is 77.5 Å². The van der Waals surface area contributed by atoms with Crippen LogP contribution in [0.4, 0.5) is 18.9 Å². The number of anilines is 1. The summed E-state index contributed by atoms with van der Waals surface area (Å²) in [7, 11) is 1.16. The molecule has 0 aliphatic rings. The number of hydrogen-bond donors (Lipinski definition) is 1. The summed E-state index contributed by atoms with van der Waals surface area (Å²) in [4.78, 5) is 16.8. The van der Waals surface area contributed by atoms with E-state index in [0.29, 0.717) is 5.56 Å². The molecule has 7 heteroatoms. The Balaban J connectivity index is 1.77. The summed E-state index contributed by atoms with van der Waals surface area (Å²) in [6.07, 6.45) is -1.89. The molecule has 0 saturated heterocycles. The molecule has 0 aliphatic carbocycles. The van der Waals surface area contributed by atoms with E-state index in [1.807, 2.05) is 19.1 Å². The third-order valence-electron chi connectivity index (χ3n) is 4.44. The van der Waals surface area contributed by atoms with Crippen LogP contribution in [-0.2, 0) is 12.6 Å². The molecule has 0 bridgehead atoms. The lowest BCUT2D eigenvalue weighted by atomic mass is 10.1. The second kappa shape index (κ2) is 8.34. The maximum absolute atomic E-state index is 13.1. The molecule has 2 aromatic carbocycles. The van der Waals surface area contributed by atoms with Gasteiger partial charge in [0.25, 0.3) is 5.91 Å². The second-order valence-electron chi connectivity index (χ2n) is 6.35. The van der Waals surface area contributed by atoms with Gasteiger partial charge in [0, 0.05) is 23.0 Å². The number of nitrogens with one attached hydrogen (secondary N) is 1. The summed E-state index contributed by atoms with van der Waals surface area (Å²) in [5.74, 6) is -0.814. The standard InChI is InChI=1S/C22H19F3N2O2/c1-3-14-4-10-19(26-13-14)15-5-7-16(8-6-15)21(28)27-17-9-11-20(29-2)18(12-17)22(23,24)25/h4-13H,3H2,1-2H3,(H,27,28). The molecule has 1 heterocycles. The minimum atomic E-state index is -4.59. The van der Waals surface area contributed by atoms with Gasteiger partial charge in [-0.15, -0.1) is 0 Å². The normalized spacial score (nSPS) is 11.2. The van der Waals surface area contributed by atoms with E-state index in [1.165, 1.54) is 12.1 Å². The predicted octanol–water partition coefficient (Wildman–Crippen LogP) is 5.59. The van der Waals surface area contributed by atoms with Crippen LogP contribution in [0.3, 0.4) is 0 Å². The molecule has 0 fully saturated rings. The van der Waals surface area contributed by atoms with Gasteiger partial charge in [-0.05, 0) is 48.4 Å². The molecular weight excluding hydrogens is 381 g/mol. The Morgan fingerprint density at radius 2 is 1.79 bits per heavy atom. The van der Waals surface area contributed by atoms with E-state index >= 15 is 0 Å². The monoisotopic (exact) mass is 400 g/mol. The van der Waals surface area contributed by atoms with Crippen molar-refractivity contribution in [1.29, 1.82) is 0 Å². The number of aryl methyl sites for hydroxylation is 1.